The third-order valence-electron chi connectivity index (χ3n) is 4.66. The summed E-state index contributed by atoms with van der Waals surface area (Å²) in [6.45, 7) is 2.48. The van der Waals surface area contributed by atoms with Crippen LogP contribution in [0.3, 0.4) is 0 Å². The van der Waals surface area contributed by atoms with Crippen molar-refractivity contribution in [3.05, 3.63) is 0 Å². The number of hydrogen-bond donors (Lipinski definition) is 2. The van der Waals surface area contributed by atoms with E-state index in [1.54, 1.807) is 0 Å². The molecule has 1 saturated carbocycles. The number of alkyl halides is 3. The van der Waals surface area contributed by atoms with Crippen LogP contribution in [0.5, 0.6) is 0 Å². The highest BCUT2D eigenvalue weighted by Crippen LogP contribution is 2.31. The second kappa shape index (κ2) is 6.62. The topological polar surface area (TPSA) is 35.5 Å². The lowest BCUT2D eigenvalue weighted by atomic mass is 9.84. The summed E-state index contributed by atoms with van der Waals surface area (Å²) in [7, 11) is 0. The molecule has 2 N–H and O–H groups in total. The van der Waals surface area contributed by atoms with E-state index in [1.807, 2.05) is 6.92 Å². The van der Waals surface area contributed by atoms with Crippen LogP contribution in [-0.4, -0.2) is 54.0 Å². The summed E-state index contributed by atoms with van der Waals surface area (Å²) < 4.78 is 37.0. The molecule has 0 amide bonds. The van der Waals surface area contributed by atoms with Crippen LogP contribution in [0.25, 0.3) is 0 Å². The Morgan fingerprint density at radius 2 is 2.00 bits per heavy atom. The van der Waals surface area contributed by atoms with E-state index in [-0.39, 0.29) is 12.0 Å². The van der Waals surface area contributed by atoms with Gasteiger partial charge < -0.3 is 10.4 Å². The maximum Gasteiger partial charge on any atom is 0.401 e. The zero-order valence-corrected chi connectivity index (χ0v) is 12.0. The Labute approximate surface area is 118 Å². The molecule has 0 aromatic heterocycles. The summed E-state index contributed by atoms with van der Waals surface area (Å²) in [5.74, 6) is 0.0834. The number of halogens is 3. The van der Waals surface area contributed by atoms with E-state index in [0.29, 0.717) is 25.4 Å². The molecule has 3 nitrogen and oxygen atoms in total. The molecule has 0 aromatic rings. The second-order valence-corrected chi connectivity index (χ2v) is 6.20. The average Bonchev–Trinajstić information content (AvgIpc) is 2.32. The molecule has 1 aliphatic carbocycles. The fourth-order valence-electron chi connectivity index (χ4n) is 3.24. The van der Waals surface area contributed by atoms with Gasteiger partial charge in [-0.1, -0.05) is 13.3 Å². The number of rotatable bonds is 5. The van der Waals surface area contributed by atoms with Crippen molar-refractivity contribution >= 4 is 0 Å². The van der Waals surface area contributed by atoms with E-state index < -0.39 is 18.8 Å². The van der Waals surface area contributed by atoms with Crippen molar-refractivity contribution in [1.29, 1.82) is 0 Å². The van der Waals surface area contributed by atoms with Crippen molar-refractivity contribution in [2.45, 2.75) is 63.4 Å². The first kappa shape index (κ1) is 16.0. The number of piperidine rings is 1. The summed E-state index contributed by atoms with van der Waals surface area (Å²) in [6, 6.07) is 0.342. The van der Waals surface area contributed by atoms with Crippen molar-refractivity contribution in [2.24, 2.45) is 5.92 Å². The van der Waals surface area contributed by atoms with Gasteiger partial charge in [-0.3, -0.25) is 4.90 Å². The van der Waals surface area contributed by atoms with Crippen molar-refractivity contribution in [1.82, 2.24) is 10.2 Å². The van der Waals surface area contributed by atoms with Crippen LogP contribution in [0.15, 0.2) is 0 Å². The minimum Gasteiger partial charge on any atom is -0.393 e. The molecule has 0 aromatic carbocycles. The molecule has 3 atom stereocenters. The van der Waals surface area contributed by atoms with Gasteiger partial charge in [-0.25, -0.2) is 0 Å². The van der Waals surface area contributed by atoms with Crippen molar-refractivity contribution in [2.75, 3.05) is 19.6 Å². The third kappa shape index (κ3) is 4.33. The Balaban J connectivity index is 1.92. The minimum atomic E-state index is -4.17. The van der Waals surface area contributed by atoms with Gasteiger partial charge in [-0.05, 0) is 31.6 Å². The van der Waals surface area contributed by atoms with Crippen LogP contribution >= 0.6 is 0 Å². The van der Waals surface area contributed by atoms with Crippen LogP contribution in [-0.2, 0) is 0 Å². The molecule has 1 heterocycles. The van der Waals surface area contributed by atoms with Gasteiger partial charge in [-0.2, -0.15) is 13.2 Å². The maximum atomic E-state index is 12.3. The maximum absolute atomic E-state index is 12.3. The van der Waals surface area contributed by atoms with E-state index in [2.05, 4.69) is 10.2 Å². The average molecular weight is 294 g/mol. The highest BCUT2D eigenvalue weighted by molar-refractivity contribution is 4.91. The van der Waals surface area contributed by atoms with Gasteiger partial charge >= 0.3 is 6.18 Å². The predicted octanol–water partition coefficient (Wildman–Crippen LogP) is 2.15. The van der Waals surface area contributed by atoms with E-state index in [0.717, 1.165) is 19.4 Å². The highest BCUT2D eigenvalue weighted by Gasteiger charge is 2.37. The molecule has 6 heteroatoms. The van der Waals surface area contributed by atoms with Crippen LogP contribution in [0.2, 0.25) is 0 Å². The highest BCUT2D eigenvalue weighted by atomic mass is 19.4. The molecular formula is C14H25F3N2O. The summed E-state index contributed by atoms with van der Waals surface area (Å²) >= 11 is 0. The first-order chi connectivity index (χ1) is 9.39. The number of aliphatic hydroxyl groups is 1. The van der Waals surface area contributed by atoms with E-state index in [4.69, 9.17) is 0 Å². The quantitative estimate of drug-likeness (QED) is 0.815. The molecule has 0 bridgehead atoms. The third-order valence-corrected chi connectivity index (χ3v) is 4.66. The summed E-state index contributed by atoms with van der Waals surface area (Å²) in [6.07, 6.45) is 0.208. The second-order valence-electron chi connectivity index (χ2n) is 6.20. The van der Waals surface area contributed by atoms with Crippen molar-refractivity contribution < 1.29 is 18.3 Å². The molecule has 118 valence electrons. The van der Waals surface area contributed by atoms with Crippen LogP contribution in [0, 0.1) is 5.92 Å². The Hall–Kier alpha value is -0.330. The molecule has 0 spiro atoms. The Morgan fingerprint density at radius 1 is 1.30 bits per heavy atom. The molecule has 2 rings (SSSR count). The van der Waals surface area contributed by atoms with Crippen molar-refractivity contribution in [3.8, 4) is 0 Å². The molecule has 2 aliphatic rings. The number of aliphatic hydroxyl groups excluding tert-OH is 1. The summed E-state index contributed by atoms with van der Waals surface area (Å²) in [5.41, 5.74) is 0. The summed E-state index contributed by atoms with van der Waals surface area (Å²) in [5, 5.41) is 12.7. The molecule has 3 unspecified atom stereocenters. The zero-order valence-electron chi connectivity index (χ0n) is 12.0. The molecule has 1 aliphatic heterocycles. The number of hydrogen-bond acceptors (Lipinski definition) is 3. The van der Waals surface area contributed by atoms with Gasteiger partial charge in [-0.15, -0.1) is 0 Å². The summed E-state index contributed by atoms with van der Waals surface area (Å²) in [4.78, 5) is 2.28. The van der Waals surface area contributed by atoms with Gasteiger partial charge in [0.1, 0.15) is 0 Å². The van der Waals surface area contributed by atoms with Gasteiger partial charge in [0, 0.05) is 25.2 Å². The molecule has 1 saturated heterocycles. The van der Waals surface area contributed by atoms with Crippen LogP contribution in [0.1, 0.15) is 39.0 Å². The lowest BCUT2D eigenvalue weighted by molar-refractivity contribution is -0.128. The normalized spacial score (nSPS) is 31.1. The fraction of sp³-hybridized carbons (Fsp3) is 1.00. The predicted molar refractivity (Wildman–Crippen MR) is 71.5 cm³/mol. The molecular weight excluding hydrogens is 269 g/mol. The first-order valence-corrected chi connectivity index (χ1v) is 7.61. The first-order valence-electron chi connectivity index (χ1n) is 7.61. The van der Waals surface area contributed by atoms with Gasteiger partial charge in [0.15, 0.2) is 0 Å². The van der Waals surface area contributed by atoms with Gasteiger partial charge in [0.05, 0.1) is 12.6 Å². The van der Waals surface area contributed by atoms with Crippen LogP contribution in [0.4, 0.5) is 13.2 Å². The number of likely N-dealkylation sites (tertiary alicyclic amines) is 1. The zero-order chi connectivity index (χ0) is 14.8. The molecule has 20 heavy (non-hydrogen) atoms. The van der Waals surface area contributed by atoms with Gasteiger partial charge in [0.25, 0.3) is 0 Å². The lowest BCUT2D eigenvalue weighted by Gasteiger charge is -2.46. The monoisotopic (exact) mass is 294 g/mol. The van der Waals surface area contributed by atoms with E-state index >= 15 is 0 Å². The Bertz CT molecular complexity index is 295. The smallest absolute Gasteiger partial charge is 0.393 e. The van der Waals surface area contributed by atoms with Gasteiger partial charge in [0.2, 0.25) is 0 Å². The number of nitrogens with one attached hydrogen (secondary N) is 1. The van der Waals surface area contributed by atoms with Crippen molar-refractivity contribution in [3.63, 3.8) is 0 Å². The Kier molecular flexibility index (Phi) is 5.31. The van der Waals surface area contributed by atoms with E-state index in [9.17, 15) is 18.3 Å². The standard InChI is InChI=1S/C14H25F3N2O/c1-2-13(20)10-6-11(18-9-14(15,16)17)8-19(7-10)12-4-3-5-12/h10-13,18,20H,2-9H2,1H3. The SMILES string of the molecule is CCC(O)C1CC(NCC(F)(F)F)CN(C2CCC2)C1. The minimum absolute atomic E-state index is 0.0834. The Morgan fingerprint density at radius 3 is 2.50 bits per heavy atom. The molecule has 2 fully saturated rings. The van der Waals surface area contributed by atoms with E-state index in [1.165, 1.54) is 6.42 Å². The molecule has 0 radical (unpaired) electrons. The largest absolute Gasteiger partial charge is 0.401 e. The lowest BCUT2D eigenvalue weighted by Crippen LogP contribution is -2.57. The number of nitrogens with zero attached hydrogens (tertiary/aromatic N) is 1. The fourth-order valence-corrected chi connectivity index (χ4v) is 3.24. The van der Waals surface area contributed by atoms with Crippen LogP contribution < -0.4 is 5.32 Å².